The molecular weight excluding hydrogens is 413 g/mol. The zero-order chi connectivity index (χ0) is 21.6. The molecule has 0 aliphatic carbocycles. The van der Waals surface area contributed by atoms with Crippen molar-refractivity contribution in [3.8, 4) is 22.6 Å². The molecule has 160 valence electrons. The number of ether oxygens (including phenoxy) is 2. The molecule has 2 aromatic carbocycles. The Labute approximate surface area is 184 Å². The van der Waals surface area contributed by atoms with Crippen molar-refractivity contribution in [2.75, 3.05) is 25.1 Å². The second kappa shape index (κ2) is 9.75. The third-order valence-electron chi connectivity index (χ3n) is 4.84. The van der Waals surface area contributed by atoms with Gasteiger partial charge in [0.15, 0.2) is 11.5 Å². The molecule has 2 heterocycles. The summed E-state index contributed by atoms with van der Waals surface area (Å²) in [5.41, 5.74) is 3.09. The number of halogens is 1. The van der Waals surface area contributed by atoms with Crippen molar-refractivity contribution in [3.05, 3.63) is 65.6 Å². The summed E-state index contributed by atoms with van der Waals surface area (Å²) in [6.07, 6.45) is 2.37. The van der Waals surface area contributed by atoms with E-state index < -0.39 is 0 Å². The molecule has 5 nitrogen and oxygen atoms in total. The van der Waals surface area contributed by atoms with Crippen LogP contribution < -0.4 is 14.8 Å². The fraction of sp³-hybridized carbons (Fsp3) is 0.250. The molecule has 0 amide bonds. The standard InChI is InChI=1S/C24H24FN3O2S/c1-3-29-20-10-5-16(13-21(20)30-4-2)11-12-26-23-22-19(14-31-24(22)28-15-27-23)17-6-8-18(25)9-7-17/h5-10,13-15H,3-4,11-12H2,1-2H3,(H,26,27,28). The number of rotatable bonds is 9. The molecule has 0 saturated carbocycles. The Hall–Kier alpha value is -3.19. The molecule has 7 heteroatoms. The van der Waals surface area contributed by atoms with Crippen LogP contribution in [-0.4, -0.2) is 29.7 Å². The van der Waals surface area contributed by atoms with Crippen LogP contribution >= 0.6 is 11.3 Å². The van der Waals surface area contributed by atoms with E-state index in [-0.39, 0.29) is 5.82 Å². The third-order valence-corrected chi connectivity index (χ3v) is 5.73. The topological polar surface area (TPSA) is 56.3 Å². The highest BCUT2D eigenvalue weighted by molar-refractivity contribution is 7.17. The first-order valence-electron chi connectivity index (χ1n) is 10.3. The number of nitrogens with zero attached hydrogens (tertiary/aromatic N) is 2. The lowest BCUT2D eigenvalue weighted by atomic mass is 10.1. The largest absolute Gasteiger partial charge is 0.490 e. The molecule has 0 radical (unpaired) electrons. The Morgan fingerprint density at radius 2 is 1.74 bits per heavy atom. The van der Waals surface area contributed by atoms with E-state index in [0.717, 1.165) is 50.6 Å². The van der Waals surface area contributed by atoms with Gasteiger partial charge < -0.3 is 14.8 Å². The highest BCUT2D eigenvalue weighted by Crippen LogP contribution is 2.36. The SMILES string of the molecule is CCOc1ccc(CCNc2ncnc3scc(-c4ccc(F)cc4)c23)cc1OCC. The molecule has 0 atom stereocenters. The average Bonchev–Trinajstić information content (AvgIpc) is 3.21. The molecule has 0 bridgehead atoms. The molecule has 1 N–H and O–H groups in total. The lowest BCUT2D eigenvalue weighted by Crippen LogP contribution is -2.07. The number of benzene rings is 2. The lowest BCUT2D eigenvalue weighted by Gasteiger charge is -2.13. The lowest BCUT2D eigenvalue weighted by molar-refractivity contribution is 0.287. The van der Waals surface area contributed by atoms with Crippen molar-refractivity contribution in [2.45, 2.75) is 20.3 Å². The minimum absolute atomic E-state index is 0.250. The maximum Gasteiger partial charge on any atom is 0.161 e. The monoisotopic (exact) mass is 437 g/mol. The van der Waals surface area contributed by atoms with Crippen LogP contribution in [0.3, 0.4) is 0 Å². The van der Waals surface area contributed by atoms with Gasteiger partial charge in [-0.2, -0.15) is 0 Å². The first-order valence-corrected chi connectivity index (χ1v) is 11.2. The van der Waals surface area contributed by atoms with Crippen LogP contribution in [0.5, 0.6) is 11.5 Å². The van der Waals surface area contributed by atoms with Gasteiger partial charge in [-0.05, 0) is 55.7 Å². The summed E-state index contributed by atoms with van der Waals surface area (Å²) in [4.78, 5) is 9.76. The summed E-state index contributed by atoms with van der Waals surface area (Å²) in [5.74, 6) is 2.06. The molecule has 2 aromatic heterocycles. The van der Waals surface area contributed by atoms with E-state index in [9.17, 15) is 4.39 Å². The van der Waals surface area contributed by atoms with Gasteiger partial charge in [0.1, 0.15) is 22.8 Å². The Kier molecular flexibility index (Phi) is 6.62. The van der Waals surface area contributed by atoms with Crippen molar-refractivity contribution in [2.24, 2.45) is 0 Å². The molecule has 0 saturated heterocycles. The highest BCUT2D eigenvalue weighted by atomic mass is 32.1. The van der Waals surface area contributed by atoms with Gasteiger partial charge in [-0.3, -0.25) is 0 Å². The maximum atomic E-state index is 13.3. The molecule has 4 rings (SSSR count). The summed E-state index contributed by atoms with van der Waals surface area (Å²) in [6, 6.07) is 12.5. The van der Waals surface area contributed by atoms with Crippen LogP contribution in [0.25, 0.3) is 21.3 Å². The number of thiophene rings is 1. The van der Waals surface area contributed by atoms with Gasteiger partial charge in [0.2, 0.25) is 0 Å². The molecule has 0 fully saturated rings. The van der Waals surface area contributed by atoms with Crippen molar-refractivity contribution in [1.29, 1.82) is 0 Å². The predicted octanol–water partition coefficient (Wildman–Crippen LogP) is 5.95. The number of hydrogen-bond acceptors (Lipinski definition) is 6. The van der Waals surface area contributed by atoms with Crippen LogP contribution in [0, 0.1) is 5.82 Å². The van der Waals surface area contributed by atoms with Gasteiger partial charge in [0.25, 0.3) is 0 Å². The van der Waals surface area contributed by atoms with Crippen molar-refractivity contribution < 1.29 is 13.9 Å². The molecule has 0 spiro atoms. The predicted molar refractivity (Wildman–Crippen MR) is 124 cm³/mol. The average molecular weight is 438 g/mol. The van der Waals surface area contributed by atoms with Crippen molar-refractivity contribution in [1.82, 2.24) is 9.97 Å². The van der Waals surface area contributed by atoms with Gasteiger partial charge >= 0.3 is 0 Å². The zero-order valence-corrected chi connectivity index (χ0v) is 18.3. The number of aromatic nitrogens is 2. The Balaban J connectivity index is 1.53. The van der Waals surface area contributed by atoms with E-state index in [0.29, 0.717) is 19.8 Å². The summed E-state index contributed by atoms with van der Waals surface area (Å²) in [7, 11) is 0. The second-order valence-electron chi connectivity index (χ2n) is 6.88. The molecule has 4 aromatic rings. The minimum atomic E-state index is -0.250. The first-order chi connectivity index (χ1) is 15.2. The normalized spacial score (nSPS) is 10.9. The third kappa shape index (κ3) is 4.77. The molecule has 0 unspecified atom stereocenters. The van der Waals surface area contributed by atoms with Crippen LogP contribution in [0.1, 0.15) is 19.4 Å². The van der Waals surface area contributed by atoms with Gasteiger partial charge in [-0.25, -0.2) is 14.4 Å². The molecule has 31 heavy (non-hydrogen) atoms. The van der Waals surface area contributed by atoms with Crippen LogP contribution in [-0.2, 0) is 6.42 Å². The number of hydrogen-bond donors (Lipinski definition) is 1. The fourth-order valence-electron chi connectivity index (χ4n) is 3.43. The molecule has 0 aliphatic rings. The number of fused-ring (bicyclic) bond motifs is 1. The highest BCUT2D eigenvalue weighted by Gasteiger charge is 2.13. The summed E-state index contributed by atoms with van der Waals surface area (Å²) in [6.45, 7) is 5.81. The van der Waals surface area contributed by atoms with Gasteiger partial charge in [0.05, 0.1) is 18.6 Å². The van der Waals surface area contributed by atoms with Crippen LogP contribution in [0.4, 0.5) is 10.2 Å². The van der Waals surface area contributed by atoms with Crippen LogP contribution in [0.2, 0.25) is 0 Å². The summed E-state index contributed by atoms with van der Waals surface area (Å²) < 4.78 is 24.7. The van der Waals surface area contributed by atoms with Crippen molar-refractivity contribution in [3.63, 3.8) is 0 Å². The number of nitrogens with one attached hydrogen (secondary N) is 1. The van der Waals surface area contributed by atoms with E-state index >= 15 is 0 Å². The molecule has 0 aliphatic heterocycles. The van der Waals surface area contributed by atoms with Crippen molar-refractivity contribution >= 4 is 27.4 Å². The quantitative estimate of drug-likeness (QED) is 0.351. The minimum Gasteiger partial charge on any atom is -0.490 e. The zero-order valence-electron chi connectivity index (χ0n) is 17.5. The van der Waals surface area contributed by atoms with Gasteiger partial charge in [-0.15, -0.1) is 11.3 Å². The summed E-state index contributed by atoms with van der Waals surface area (Å²) in [5, 5.41) is 6.44. The van der Waals surface area contributed by atoms with E-state index in [4.69, 9.17) is 9.47 Å². The Morgan fingerprint density at radius 1 is 0.968 bits per heavy atom. The summed E-state index contributed by atoms with van der Waals surface area (Å²) >= 11 is 1.56. The fourth-order valence-corrected chi connectivity index (χ4v) is 4.34. The van der Waals surface area contributed by atoms with E-state index in [1.165, 1.54) is 12.1 Å². The van der Waals surface area contributed by atoms with E-state index in [1.54, 1.807) is 29.8 Å². The second-order valence-corrected chi connectivity index (χ2v) is 7.74. The molecular formula is C24H24FN3O2S. The first kappa shape index (κ1) is 21.1. The van der Waals surface area contributed by atoms with E-state index in [2.05, 4.69) is 21.4 Å². The van der Waals surface area contributed by atoms with E-state index in [1.807, 2.05) is 31.4 Å². The number of anilines is 1. The Morgan fingerprint density at radius 3 is 2.52 bits per heavy atom. The maximum absolute atomic E-state index is 13.3. The Bertz CT molecular complexity index is 1160. The van der Waals surface area contributed by atoms with Gasteiger partial charge in [-0.1, -0.05) is 18.2 Å². The van der Waals surface area contributed by atoms with Gasteiger partial charge in [0, 0.05) is 17.5 Å². The smallest absolute Gasteiger partial charge is 0.161 e. The van der Waals surface area contributed by atoms with Crippen LogP contribution in [0.15, 0.2) is 54.2 Å².